The fourth-order valence-corrected chi connectivity index (χ4v) is 3.36. The number of halogens is 2. The van der Waals surface area contributed by atoms with Crippen LogP contribution in [-0.4, -0.2) is 14.8 Å². The molecule has 1 fully saturated rings. The summed E-state index contributed by atoms with van der Waals surface area (Å²) in [6.07, 6.45) is 8.46. The van der Waals surface area contributed by atoms with Crippen LogP contribution < -0.4 is 0 Å². The van der Waals surface area contributed by atoms with Gasteiger partial charge in [-0.2, -0.15) is 10.4 Å². The highest BCUT2D eigenvalue weighted by Crippen LogP contribution is 2.39. The van der Waals surface area contributed by atoms with E-state index in [4.69, 9.17) is 16.9 Å². The third kappa shape index (κ3) is 2.84. The minimum atomic E-state index is -0.669. The molecule has 2 aromatic rings. The number of aromatic nitrogens is 3. The van der Waals surface area contributed by atoms with Gasteiger partial charge in [0.1, 0.15) is 11.2 Å². The van der Waals surface area contributed by atoms with Crippen LogP contribution in [0.1, 0.15) is 38.3 Å². The standard InChI is InChI=1S/C16H16ClFN4/c1-16(4-2-3-5-16)10-22-9-11(8-20-22)12-6-13(18)14(7-19)21-15(12)17/h6,8-9H,2-5,10H2,1H3. The molecule has 1 saturated carbocycles. The minimum Gasteiger partial charge on any atom is -0.272 e. The molecule has 1 aliphatic carbocycles. The Morgan fingerprint density at radius 2 is 2.18 bits per heavy atom. The van der Waals surface area contributed by atoms with Crippen LogP contribution in [0.2, 0.25) is 5.15 Å². The summed E-state index contributed by atoms with van der Waals surface area (Å²) < 4.78 is 15.6. The Balaban J connectivity index is 1.88. The third-order valence-corrected chi connectivity index (χ3v) is 4.62. The van der Waals surface area contributed by atoms with Crippen molar-refractivity contribution in [2.45, 2.75) is 39.2 Å². The molecule has 2 heterocycles. The first-order valence-corrected chi connectivity index (χ1v) is 7.67. The molecule has 4 nitrogen and oxygen atoms in total. The van der Waals surface area contributed by atoms with Crippen molar-refractivity contribution in [3.63, 3.8) is 0 Å². The van der Waals surface area contributed by atoms with E-state index in [0.29, 0.717) is 11.1 Å². The predicted octanol–water partition coefficient (Wildman–Crippen LogP) is 4.19. The zero-order valence-corrected chi connectivity index (χ0v) is 13.1. The van der Waals surface area contributed by atoms with Crippen molar-refractivity contribution in [2.75, 3.05) is 0 Å². The van der Waals surface area contributed by atoms with Gasteiger partial charge in [-0.15, -0.1) is 0 Å². The molecule has 2 aromatic heterocycles. The van der Waals surface area contributed by atoms with Gasteiger partial charge in [0.2, 0.25) is 0 Å². The summed E-state index contributed by atoms with van der Waals surface area (Å²) >= 11 is 6.06. The van der Waals surface area contributed by atoms with Crippen LogP contribution >= 0.6 is 11.6 Å². The molecule has 0 spiro atoms. The molecule has 0 aliphatic heterocycles. The first-order chi connectivity index (χ1) is 10.5. The number of hydrogen-bond donors (Lipinski definition) is 0. The van der Waals surface area contributed by atoms with Crippen molar-refractivity contribution in [2.24, 2.45) is 5.41 Å². The Hall–Kier alpha value is -1.93. The summed E-state index contributed by atoms with van der Waals surface area (Å²) in [6, 6.07) is 2.92. The van der Waals surface area contributed by atoms with Crippen molar-refractivity contribution in [1.29, 1.82) is 5.26 Å². The maximum atomic E-state index is 13.7. The van der Waals surface area contributed by atoms with Gasteiger partial charge in [-0.05, 0) is 24.3 Å². The molecule has 22 heavy (non-hydrogen) atoms. The first kappa shape index (κ1) is 15.0. The molecule has 0 atom stereocenters. The van der Waals surface area contributed by atoms with Gasteiger partial charge < -0.3 is 0 Å². The molecular formula is C16H16ClFN4. The second-order valence-corrected chi connectivity index (χ2v) is 6.57. The number of pyridine rings is 1. The lowest BCUT2D eigenvalue weighted by Gasteiger charge is -2.22. The van der Waals surface area contributed by atoms with Crippen LogP contribution in [0, 0.1) is 22.6 Å². The van der Waals surface area contributed by atoms with E-state index in [-0.39, 0.29) is 16.3 Å². The maximum absolute atomic E-state index is 13.7. The number of rotatable bonds is 3. The van der Waals surface area contributed by atoms with Crippen LogP contribution in [0.15, 0.2) is 18.5 Å². The Morgan fingerprint density at radius 3 is 2.86 bits per heavy atom. The van der Waals surface area contributed by atoms with Gasteiger partial charge in [0.25, 0.3) is 0 Å². The minimum absolute atomic E-state index is 0.115. The molecule has 0 N–H and O–H groups in total. The van der Waals surface area contributed by atoms with Gasteiger partial charge in [0.05, 0.1) is 6.20 Å². The Morgan fingerprint density at radius 1 is 1.45 bits per heavy atom. The summed E-state index contributed by atoms with van der Waals surface area (Å²) in [4.78, 5) is 3.79. The third-order valence-electron chi connectivity index (χ3n) is 4.33. The van der Waals surface area contributed by atoms with E-state index in [1.165, 1.54) is 31.7 Å². The molecule has 3 rings (SSSR count). The fraction of sp³-hybridized carbons (Fsp3) is 0.438. The maximum Gasteiger partial charge on any atom is 0.177 e. The highest BCUT2D eigenvalue weighted by atomic mass is 35.5. The average Bonchev–Trinajstić information content (AvgIpc) is 3.10. The van der Waals surface area contributed by atoms with Crippen LogP contribution in [0.4, 0.5) is 4.39 Å². The van der Waals surface area contributed by atoms with Gasteiger partial charge in [-0.25, -0.2) is 9.37 Å². The van der Waals surface area contributed by atoms with Gasteiger partial charge in [-0.3, -0.25) is 4.68 Å². The zero-order chi connectivity index (χ0) is 15.7. The van der Waals surface area contributed by atoms with E-state index in [9.17, 15) is 4.39 Å². The Kier molecular flexibility index (Phi) is 3.88. The SMILES string of the molecule is CC1(Cn2cc(-c3cc(F)c(C#N)nc3Cl)cn2)CCCC1. The van der Waals surface area contributed by atoms with Crippen molar-refractivity contribution in [1.82, 2.24) is 14.8 Å². The smallest absolute Gasteiger partial charge is 0.177 e. The molecule has 0 bridgehead atoms. The normalized spacial score (nSPS) is 16.6. The van der Waals surface area contributed by atoms with E-state index in [0.717, 1.165) is 6.54 Å². The van der Waals surface area contributed by atoms with E-state index >= 15 is 0 Å². The average molecular weight is 319 g/mol. The number of hydrogen-bond acceptors (Lipinski definition) is 3. The lowest BCUT2D eigenvalue weighted by Crippen LogP contribution is -2.19. The highest BCUT2D eigenvalue weighted by Gasteiger charge is 2.29. The van der Waals surface area contributed by atoms with E-state index in [1.807, 2.05) is 10.9 Å². The predicted molar refractivity (Wildman–Crippen MR) is 81.7 cm³/mol. The highest BCUT2D eigenvalue weighted by molar-refractivity contribution is 6.32. The molecular weight excluding hydrogens is 303 g/mol. The number of nitriles is 1. The van der Waals surface area contributed by atoms with E-state index in [2.05, 4.69) is 17.0 Å². The molecule has 0 radical (unpaired) electrons. The quantitative estimate of drug-likeness (QED) is 0.797. The van der Waals surface area contributed by atoms with E-state index < -0.39 is 5.82 Å². The Labute approximate surface area is 133 Å². The second-order valence-electron chi connectivity index (χ2n) is 6.21. The summed E-state index contributed by atoms with van der Waals surface area (Å²) in [7, 11) is 0. The van der Waals surface area contributed by atoms with Crippen LogP contribution in [0.5, 0.6) is 0 Å². The molecule has 1 aliphatic rings. The topological polar surface area (TPSA) is 54.5 Å². The van der Waals surface area contributed by atoms with Crippen molar-refractivity contribution in [3.05, 3.63) is 35.1 Å². The molecule has 0 aromatic carbocycles. The summed E-state index contributed by atoms with van der Waals surface area (Å²) in [5, 5.41) is 13.2. The monoisotopic (exact) mass is 318 g/mol. The van der Waals surface area contributed by atoms with E-state index in [1.54, 1.807) is 12.3 Å². The summed E-state index contributed by atoms with van der Waals surface area (Å²) in [5.41, 5.74) is 1.16. The summed E-state index contributed by atoms with van der Waals surface area (Å²) in [6.45, 7) is 3.12. The fourth-order valence-electron chi connectivity index (χ4n) is 3.11. The Bertz CT molecular complexity index is 741. The lowest BCUT2D eigenvalue weighted by molar-refractivity contribution is 0.268. The second kappa shape index (κ2) is 5.69. The van der Waals surface area contributed by atoms with Gasteiger partial charge in [-0.1, -0.05) is 31.4 Å². The lowest BCUT2D eigenvalue weighted by atomic mass is 9.89. The largest absolute Gasteiger partial charge is 0.272 e. The van der Waals surface area contributed by atoms with Crippen LogP contribution in [0.3, 0.4) is 0 Å². The molecule has 114 valence electrons. The summed E-state index contributed by atoms with van der Waals surface area (Å²) in [5.74, 6) is -0.669. The number of nitrogens with zero attached hydrogens (tertiary/aromatic N) is 4. The van der Waals surface area contributed by atoms with Gasteiger partial charge >= 0.3 is 0 Å². The molecule has 6 heteroatoms. The van der Waals surface area contributed by atoms with Crippen LogP contribution in [-0.2, 0) is 6.54 Å². The van der Waals surface area contributed by atoms with Crippen LogP contribution in [0.25, 0.3) is 11.1 Å². The van der Waals surface area contributed by atoms with Gasteiger partial charge in [0, 0.05) is 23.9 Å². The molecule has 0 saturated heterocycles. The van der Waals surface area contributed by atoms with Crippen molar-refractivity contribution >= 4 is 11.6 Å². The van der Waals surface area contributed by atoms with Crippen molar-refractivity contribution < 1.29 is 4.39 Å². The van der Waals surface area contributed by atoms with Crippen molar-refractivity contribution in [3.8, 4) is 17.2 Å². The zero-order valence-electron chi connectivity index (χ0n) is 12.3. The molecule has 0 unspecified atom stereocenters. The van der Waals surface area contributed by atoms with Gasteiger partial charge in [0.15, 0.2) is 11.5 Å². The molecule has 0 amide bonds. The first-order valence-electron chi connectivity index (χ1n) is 7.30.